The lowest BCUT2D eigenvalue weighted by Crippen LogP contribution is -2.66. The maximum atomic E-state index is 13.6. The molecular formula is C30H32NO5+. The van der Waals surface area contributed by atoms with Gasteiger partial charge in [-0.05, 0) is 16.7 Å². The number of hydrogen-bond acceptors (Lipinski definition) is 5. The molecule has 186 valence electrons. The average molecular weight is 487 g/mol. The number of carbonyl (C=O) groups is 2. The van der Waals surface area contributed by atoms with E-state index in [4.69, 9.17) is 9.47 Å². The van der Waals surface area contributed by atoms with Gasteiger partial charge in [0.05, 0.1) is 13.1 Å². The van der Waals surface area contributed by atoms with Crippen LogP contribution in [0.2, 0.25) is 0 Å². The summed E-state index contributed by atoms with van der Waals surface area (Å²) in [6.07, 6.45) is 1.39. The highest BCUT2D eigenvalue weighted by Crippen LogP contribution is 2.38. The van der Waals surface area contributed by atoms with E-state index in [0.717, 1.165) is 31.5 Å². The first-order chi connectivity index (χ1) is 17.5. The molecule has 0 saturated carbocycles. The Morgan fingerprint density at radius 3 is 1.92 bits per heavy atom. The molecule has 6 nitrogen and oxygen atoms in total. The van der Waals surface area contributed by atoms with E-state index in [1.807, 2.05) is 42.5 Å². The van der Waals surface area contributed by atoms with Crippen LogP contribution in [0.5, 0.6) is 0 Å². The molecule has 0 spiro atoms. The fourth-order valence-electron chi connectivity index (χ4n) is 5.62. The first-order valence-electron chi connectivity index (χ1n) is 12.6. The number of carbonyl (C=O) groups excluding carboxylic acids is 2. The number of aliphatic hydroxyl groups is 1. The summed E-state index contributed by atoms with van der Waals surface area (Å²) >= 11 is 0. The Kier molecular flexibility index (Phi) is 6.90. The predicted molar refractivity (Wildman–Crippen MR) is 134 cm³/mol. The molecule has 3 saturated heterocycles. The third-order valence-electron chi connectivity index (χ3n) is 7.69. The second kappa shape index (κ2) is 10.2. The monoisotopic (exact) mass is 486 g/mol. The van der Waals surface area contributed by atoms with Crippen molar-refractivity contribution in [3.63, 3.8) is 0 Å². The highest BCUT2D eigenvalue weighted by molar-refractivity contribution is 5.85. The first-order valence-corrected chi connectivity index (χ1v) is 12.6. The third-order valence-corrected chi connectivity index (χ3v) is 7.69. The number of fused-ring (bicyclic) bond motifs is 3. The van der Waals surface area contributed by atoms with Gasteiger partial charge in [0, 0.05) is 18.8 Å². The molecule has 3 aromatic rings. The normalized spacial score (nSPS) is 23.1. The summed E-state index contributed by atoms with van der Waals surface area (Å²) in [5, 5.41) is 11.8. The molecule has 1 atom stereocenters. The van der Waals surface area contributed by atoms with Gasteiger partial charge in [-0.2, -0.15) is 0 Å². The van der Waals surface area contributed by atoms with E-state index in [1.54, 1.807) is 48.5 Å². The summed E-state index contributed by atoms with van der Waals surface area (Å²) in [5.41, 5.74) is -0.0172. The number of piperidine rings is 3. The minimum atomic E-state index is -1.91. The van der Waals surface area contributed by atoms with E-state index in [9.17, 15) is 14.7 Å². The summed E-state index contributed by atoms with van der Waals surface area (Å²) in [7, 11) is 0. The fraction of sp³-hybridized carbons (Fsp3) is 0.333. The zero-order valence-electron chi connectivity index (χ0n) is 20.3. The van der Waals surface area contributed by atoms with Crippen molar-refractivity contribution in [1.82, 2.24) is 0 Å². The number of nitrogens with zero attached hydrogens (tertiary/aromatic N) is 1. The van der Waals surface area contributed by atoms with Crippen molar-refractivity contribution in [2.24, 2.45) is 5.92 Å². The Morgan fingerprint density at radius 1 is 0.833 bits per heavy atom. The van der Waals surface area contributed by atoms with Crippen LogP contribution in [-0.2, 0) is 31.3 Å². The summed E-state index contributed by atoms with van der Waals surface area (Å²) in [4.78, 5) is 26.4. The first kappa shape index (κ1) is 24.2. The number of esters is 2. The van der Waals surface area contributed by atoms with Gasteiger partial charge in [-0.1, -0.05) is 91.0 Å². The number of rotatable bonds is 8. The lowest BCUT2D eigenvalue weighted by Gasteiger charge is -2.51. The molecule has 3 fully saturated rings. The summed E-state index contributed by atoms with van der Waals surface area (Å²) in [5.74, 6) is -0.692. The molecular weight excluding hydrogens is 454 g/mol. The van der Waals surface area contributed by atoms with E-state index in [-0.39, 0.29) is 31.1 Å². The van der Waals surface area contributed by atoms with Crippen LogP contribution in [0.4, 0.5) is 0 Å². The Bertz CT molecular complexity index is 1130. The molecule has 3 aliphatic heterocycles. The van der Waals surface area contributed by atoms with Crippen LogP contribution in [0.3, 0.4) is 0 Å². The van der Waals surface area contributed by atoms with Gasteiger partial charge in [-0.3, -0.25) is 0 Å². The Balaban J connectivity index is 1.30. The molecule has 0 unspecified atom stereocenters. The van der Waals surface area contributed by atoms with Crippen molar-refractivity contribution >= 4 is 11.9 Å². The van der Waals surface area contributed by atoms with Gasteiger partial charge in [-0.15, -0.1) is 0 Å². The van der Waals surface area contributed by atoms with Crippen molar-refractivity contribution < 1.29 is 28.7 Å². The lowest BCUT2D eigenvalue weighted by atomic mass is 9.82. The predicted octanol–water partition coefficient (Wildman–Crippen LogP) is 3.82. The zero-order valence-corrected chi connectivity index (χ0v) is 20.3. The van der Waals surface area contributed by atoms with E-state index < -0.39 is 11.6 Å². The fourth-order valence-corrected chi connectivity index (χ4v) is 5.62. The molecule has 3 heterocycles. The average Bonchev–Trinajstić information content (AvgIpc) is 2.93. The van der Waals surface area contributed by atoms with Gasteiger partial charge in [0.1, 0.15) is 13.2 Å². The number of ether oxygens (including phenoxy) is 2. The van der Waals surface area contributed by atoms with Crippen molar-refractivity contribution in [3.05, 3.63) is 108 Å². The van der Waals surface area contributed by atoms with Gasteiger partial charge in [0.25, 0.3) is 0 Å². The van der Waals surface area contributed by atoms with E-state index in [2.05, 4.69) is 0 Å². The number of benzene rings is 3. The smallest absolute Gasteiger partial charge is 0.362 e. The van der Waals surface area contributed by atoms with Gasteiger partial charge in [0.15, 0.2) is 12.6 Å². The maximum Gasteiger partial charge on any atom is 0.362 e. The highest BCUT2D eigenvalue weighted by atomic mass is 16.6. The summed E-state index contributed by atoms with van der Waals surface area (Å²) < 4.78 is 12.2. The van der Waals surface area contributed by atoms with Gasteiger partial charge < -0.3 is 19.1 Å². The van der Waals surface area contributed by atoms with Crippen LogP contribution < -0.4 is 0 Å². The minimum absolute atomic E-state index is 0.227. The topological polar surface area (TPSA) is 72.8 Å². The molecule has 6 heteroatoms. The van der Waals surface area contributed by atoms with E-state index >= 15 is 0 Å². The Labute approximate surface area is 211 Å². The molecule has 3 aliphatic rings. The van der Waals surface area contributed by atoms with E-state index in [0.29, 0.717) is 22.2 Å². The Morgan fingerprint density at radius 2 is 1.36 bits per heavy atom. The highest BCUT2D eigenvalue weighted by Gasteiger charge is 2.51. The summed E-state index contributed by atoms with van der Waals surface area (Å²) in [6.45, 7) is 2.79. The van der Waals surface area contributed by atoms with Crippen LogP contribution in [0, 0.1) is 5.92 Å². The molecule has 0 aliphatic carbocycles. The molecule has 2 bridgehead atoms. The van der Waals surface area contributed by atoms with Crippen molar-refractivity contribution in [1.29, 1.82) is 0 Å². The van der Waals surface area contributed by atoms with Gasteiger partial charge in [-0.25, -0.2) is 9.59 Å². The van der Waals surface area contributed by atoms with Crippen LogP contribution in [0.15, 0.2) is 91.0 Å². The second-order valence-electron chi connectivity index (χ2n) is 10.00. The van der Waals surface area contributed by atoms with Crippen LogP contribution >= 0.6 is 0 Å². The number of quaternary nitrogens is 1. The zero-order chi connectivity index (χ0) is 25.0. The molecule has 1 N–H and O–H groups in total. The maximum absolute atomic E-state index is 13.6. The number of hydrogen-bond donors (Lipinski definition) is 1. The minimum Gasteiger partial charge on any atom is -0.457 e. The molecule has 0 radical (unpaired) electrons. The van der Waals surface area contributed by atoms with Crippen LogP contribution in [0.25, 0.3) is 0 Å². The largest absolute Gasteiger partial charge is 0.457 e. The third kappa shape index (κ3) is 4.92. The Hall–Kier alpha value is -3.48. The standard InChI is InChI=1S/C30H32NO5/c32-28(35-22-23-10-4-1-5-11-23)21-31-18-16-24(17-19-31)27(20-31)36-29(33)30(34,25-12-6-2-7-13-25)26-14-8-3-9-15-26/h1-15,24,27,34H,16-22H2/q+1/t24?,27-,31?/m0/s1. The molecule has 3 aromatic carbocycles. The molecule has 36 heavy (non-hydrogen) atoms. The summed E-state index contributed by atoms with van der Waals surface area (Å²) in [6, 6.07) is 27.5. The molecule has 0 aromatic heterocycles. The van der Waals surface area contributed by atoms with Crippen LogP contribution in [-0.4, -0.2) is 53.8 Å². The van der Waals surface area contributed by atoms with Crippen molar-refractivity contribution in [2.45, 2.75) is 31.2 Å². The van der Waals surface area contributed by atoms with Gasteiger partial charge >= 0.3 is 11.9 Å². The van der Waals surface area contributed by atoms with Crippen LogP contribution in [0.1, 0.15) is 29.5 Å². The van der Waals surface area contributed by atoms with Gasteiger partial charge in [0.2, 0.25) is 5.60 Å². The van der Waals surface area contributed by atoms with Crippen molar-refractivity contribution in [2.75, 3.05) is 26.2 Å². The van der Waals surface area contributed by atoms with Crippen molar-refractivity contribution in [3.8, 4) is 0 Å². The lowest BCUT2D eigenvalue weighted by molar-refractivity contribution is -0.939. The second-order valence-corrected chi connectivity index (χ2v) is 10.00. The molecule has 6 rings (SSSR count). The SMILES string of the molecule is O=C(C[N+]12CCC(CC1)[C@@H](OC(=O)C(O)(c1ccccc1)c1ccccc1)C2)OCc1ccccc1. The molecule has 0 amide bonds. The quantitative estimate of drug-likeness (QED) is 0.387. The van der Waals surface area contributed by atoms with E-state index in [1.165, 1.54) is 0 Å².